The summed E-state index contributed by atoms with van der Waals surface area (Å²) in [4.78, 5) is 0. The van der Waals surface area contributed by atoms with Gasteiger partial charge in [-0.1, -0.05) is 36.4 Å². The molecule has 0 spiro atoms. The van der Waals surface area contributed by atoms with Crippen molar-refractivity contribution >= 4 is 0 Å². The molecule has 4 heteroatoms. The third kappa shape index (κ3) is 4.88. The molecular formula is C29H26FeN2O. The number of hydrogen-bond donors (Lipinski definition) is 0. The number of rotatable bonds is 4. The molecule has 5 aromatic rings. The monoisotopic (exact) mass is 474 g/mol. The second kappa shape index (κ2) is 10.5. The van der Waals surface area contributed by atoms with E-state index in [1.54, 1.807) is 7.11 Å². The molecule has 0 fully saturated rings. The van der Waals surface area contributed by atoms with Crippen LogP contribution < -0.4 is 4.74 Å². The van der Waals surface area contributed by atoms with Crippen molar-refractivity contribution in [3.8, 4) is 28.3 Å². The Balaban J connectivity index is 0.000000385. The van der Waals surface area contributed by atoms with Crippen LogP contribution in [0.15, 0.2) is 103 Å². The molecule has 1 aliphatic rings. The summed E-state index contributed by atoms with van der Waals surface area (Å²) in [5, 5.41) is 5.08. The van der Waals surface area contributed by atoms with Gasteiger partial charge in [-0.25, -0.2) is 12.1 Å². The van der Waals surface area contributed by atoms with Gasteiger partial charge in [0.15, 0.2) is 0 Å². The Morgan fingerprint density at radius 2 is 1.73 bits per heavy atom. The number of nitrogens with zero attached hydrogens (tertiary/aromatic N) is 2. The van der Waals surface area contributed by atoms with Gasteiger partial charge < -0.3 is 4.74 Å². The quantitative estimate of drug-likeness (QED) is 0.220. The van der Waals surface area contributed by atoms with Crippen molar-refractivity contribution in [1.29, 1.82) is 0 Å². The summed E-state index contributed by atoms with van der Waals surface area (Å²) in [6.07, 6.45) is 2.06. The summed E-state index contributed by atoms with van der Waals surface area (Å²) in [6, 6.07) is 35.4. The molecule has 3 nitrogen and oxygen atoms in total. The summed E-state index contributed by atoms with van der Waals surface area (Å²) in [5.41, 5.74) is 8.74. The summed E-state index contributed by atoms with van der Waals surface area (Å²) in [5.74, 6) is 0.883. The Morgan fingerprint density at radius 1 is 0.909 bits per heavy atom. The zero-order valence-electron chi connectivity index (χ0n) is 18.6. The maximum atomic E-state index is 5.47. The molecule has 0 atom stereocenters. The number of fused-ring (bicyclic) bond motifs is 3. The smallest absolute Gasteiger partial charge is 0.497 e. The molecule has 0 amide bonds. The molecule has 0 saturated heterocycles. The average molecular weight is 474 g/mol. The number of ether oxygens (including phenoxy) is 1. The predicted molar refractivity (Wildman–Crippen MR) is 130 cm³/mol. The molecule has 6 rings (SSSR count). The molecule has 0 N–H and O–H groups in total. The Kier molecular flexibility index (Phi) is 7.29. The van der Waals surface area contributed by atoms with Gasteiger partial charge >= 0.3 is 17.1 Å². The minimum Gasteiger partial charge on any atom is -0.497 e. The maximum absolute atomic E-state index is 5.47. The summed E-state index contributed by atoms with van der Waals surface area (Å²) in [7, 11) is 1.72. The van der Waals surface area contributed by atoms with Crippen LogP contribution in [0.5, 0.6) is 5.75 Å². The van der Waals surface area contributed by atoms with Crippen molar-refractivity contribution in [2.24, 2.45) is 0 Å². The predicted octanol–water partition coefficient (Wildman–Crippen LogP) is 6.49. The van der Waals surface area contributed by atoms with Crippen LogP contribution in [0.25, 0.3) is 22.5 Å². The summed E-state index contributed by atoms with van der Waals surface area (Å²) in [6.45, 7) is 0.771. The van der Waals surface area contributed by atoms with Crippen molar-refractivity contribution in [3.63, 3.8) is 0 Å². The van der Waals surface area contributed by atoms with Crippen molar-refractivity contribution in [2.75, 3.05) is 7.11 Å². The standard InChI is InChI=1S/C24H21N2O.C5H5.Fe/c1-27-20-13-11-18-12-14-21-23(22(18)15-20)25-26(16-17-7-3-2-4-8-17)24(21)19-9-5-6-10-19;1-2-4-5-3-1;/h2-11,13,15H,12,14,16H2,1H3;1-5H;/q2*-1;+2. The van der Waals surface area contributed by atoms with Gasteiger partial charge in [-0.05, 0) is 47.4 Å². The first-order valence-electron chi connectivity index (χ1n) is 11.0. The van der Waals surface area contributed by atoms with Gasteiger partial charge in [0.2, 0.25) is 0 Å². The van der Waals surface area contributed by atoms with Gasteiger partial charge in [-0.2, -0.15) is 41.5 Å². The Morgan fingerprint density at radius 3 is 2.39 bits per heavy atom. The van der Waals surface area contributed by atoms with Gasteiger partial charge in [0.25, 0.3) is 0 Å². The van der Waals surface area contributed by atoms with E-state index in [0.717, 1.165) is 30.8 Å². The molecule has 4 aromatic carbocycles. The van der Waals surface area contributed by atoms with Crippen molar-refractivity contribution in [2.45, 2.75) is 19.4 Å². The molecular weight excluding hydrogens is 448 g/mol. The van der Waals surface area contributed by atoms with E-state index < -0.39 is 0 Å². The zero-order chi connectivity index (χ0) is 21.8. The zero-order valence-corrected chi connectivity index (χ0v) is 19.7. The molecule has 1 heterocycles. The molecule has 1 aromatic heterocycles. The topological polar surface area (TPSA) is 27.1 Å². The van der Waals surface area contributed by atoms with Crippen LogP contribution in [0.4, 0.5) is 0 Å². The first-order valence-corrected chi connectivity index (χ1v) is 11.0. The summed E-state index contributed by atoms with van der Waals surface area (Å²) < 4.78 is 7.64. The van der Waals surface area contributed by atoms with Crippen molar-refractivity contribution in [1.82, 2.24) is 9.78 Å². The normalized spacial score (nSPS) is 11.4. The second-order valence-electron chi connectivity index (χ2n) is 7.98. The second-order valence-corrected chi connectivity index (χ2v) is 7.98. The van der Waals surface area contributed by atoms with Crippen LogP contribution in [-0.2, 0) is 36.5 Å². The Labute approximate surface area is 205 Å². The molecule has 0 bridgehead atoms. The third-order valence-electron chi connectivity index (χ3n) is 5.93. The van der Waals surface area contributed by atoms with Crippen LogP contribution >= 0.6 is 0 Å². The molecule has 0 unspecified atom stereocenters. The van der Waals surface area contributed by atoms with Gasteiger partial charge in [0, 0.05) is 5.56 Å². The van der Waals surface area contributed by atoms with Gasteiger partial charge in [-0.15, -0.1) is 11.6 Å². The van der Waals surface area contributed by atoms with Crippen LogP contribution in [0.1, 0.15) is 16.7 Å². The molecule has 33 heavy (non-hydrogen) atoms. The Bertz CT molecular complexity index is 1250. The first-order chi connectivity index (χ1) is 15.8. The van der Waals surface area contributed by atoms with Crippen molar-refractivity contribution < 1.29 is 21.8 Å². The third-order valence-corrected chi connectivity index (χ3v) is 5.93. The number of aryl methyl sites for hydroxylation is 1. The molecule has 0 radical (unpaired) electrons. The van der Waals surface area contributed by atoms with E-state index in [9.17, 15) is 0 Å². The number of hydrogen-bond acceptors (Lipinski definition) is 2. The fourth-order valence-corrected chi connectivity index (χ4v) is 4.38. The molecule has 166 valence electrons. The van der Waals surface area contributed by atoms with E-state index in [1.165, 1.54) is 33.5 Å². The minimum atomic E-state index is 0. The van der Waals surface area contributed by atoms with E-state index in [2.05, 4.69) is 71.4 Å². The number of methoxy groups -OCH3 is 1. The van der Waals surface area contributed by atoms with E-state index in [1.807, 2.05) is 36.4 Å². The van der Waals surface area contributed by atoms with Crippen LogP contribution in [0.2, 0.25) is 0 Å². The molecule has 0 aliphatic heterocycles. The largest absolute Gasteiger partial charge is 2.00 e. The van der Waals surface area contributed by atoms with E-state index in [-0.39, 0.29) is 17.1 Å². The van der Waals surface area contributed by atoms with Crippen LogP contribution in [0, 0.1) is 0 Å². The minimum absolute atomic E-state index is 0. The SMILES string of the molecule is COc1ccc2c(c1)-c1nn(Cc3ccccc3)c(-c3ccc[cH-]3)c1CC2.[Fe+2].c1cc[cH-]c1. The Hall–Kier alpha value is -3.33. The van der Waals surface area contributed by atoms with E-state index in [4.69, 9.17) is 9.84 Å². The summed E-state index contributed by atoms with van der Waals surface area (Å²) >= 11 is 0. The number of benzene rings is 2. The average Bonchev–Trinajstić information content (AvgIpc) is 3.62. The van der Waals surface area contributed by atoms with Gasteiger partial charge in [-0.3, -0.25) is 4.68 Å². The van der Waals surface area contributed by atoms with Gasteiger partial charge in [0.05, 0.1) is 19.3 Å². The van der Waals surface area contributed by atoms with E-state index >= 15 is 0 Å². The van der Waals surface area contributed by atoms with Crippen molar-refractivity contribution in [3.05, 3.63) is 120 Å². The number of aromatic nitrogens is 2. The molecule has 1 aliphatic carbocycles. The fourth-order valence-electron chi connectivity index (χ4n) is 4.38. The fraction of sp³-hybridized carbons (Fsp3) is 0.138. The molecule has 0 saturated carbocycles. The maximum Gasteiger partial charge on any atom is 2.00 e. The van der Waals surface area contributed by atoms with E-state index in [0.29, 0.717) is 0 Å². The van der Waals surface area contributed by atoms with Crippen LogP contribution in [0.3, 0.4) is 0 Å². The van der Waals surface area contributed by atoms with Gasteiger partial charge in [0.1, 0.15) is 5.75 Å². The first kappa shape index (κ1) is 22.8. The van der Waals surface area contributed by atoms with Crippen LogP contribution in [-0.4, -0.2) is 16.9 Å².